The minimum absolute atomic E-state index is 0.326. The lowest BCUT2D eigenvalue weighted by Gasteiger charge is -2.05. The number of rotatable bonds is 2. The topological polar surface area (TPSA) is 46.9 Å². The Morgan fingerprint density at radius 3 is 2.82 bits per heavy atom. The maximum Gasteiger partial charge on any atom is 0.272 e. The average Bonchev–Trinajstić information content (AvgIpc) is 2.61. The van der Waals surface area contributed by atoms with Gasteiger partial charge < -0.3 is 9.88 Å². The maximum atomic E-state index is 12.6. The van der Waals surface area contributed by atoms with E-state index < -0.39 is 5.95 Å². The largest absolute Gasteiger partial charge is 0.345 e. The van der Waals surface area contributed by atoms with Crippen molar-refractivity contribution in [2.45, 2.75) is 0 Å². The molecule has 0 bridgehead atoms. The van der Waals surface area contributed by atoms with E-state index in [1.165, 1.54) is 18.3 Å². The van der Waals surface area contributed by atoms with Crippen molar-refractivity contribution in [2.75, 3.05) is 5.32 Å². The molecule has 0 unspecified atom stereocenters. The van der Waals surface area contributed by atoms with Crippen LogP contribution in [-0.2, 0) is 7.05 Å². The fourth-order valence-electron chi connectivity index (χ4n) is 1.39. The quantitative estimate of drug-likeness (QED) is 0.836. The third kappa shape index (κ3) is 2.62. The number of carbonyl (C=O) groups is 1. The lowest BCUT2D eigenvalue weighted by Crippen LogP contribution is -2.15. The summed E-state index contributed by atoms with van der Waals surface area (Å²) in [6.07, 6.45) is 2.87. The van der Waals surface area contributed by atoms with Crippen molar-refractivity contribution in [3.05, 3.63) is 47.3 Å². The van der Waals surface area contributed by atoms with Crippen molar-refractivity contribution in [2.24, 2.45) is 7.05 Å². The number of hydrogen-bond acceptors (Lipinski definition) is 2. The number of anilines is 1. The van der Waals surface area contributed by atoms with Gasteiger partial charge in [-0.2, -0.15) is 4.39 Å². The summed E-state index contributed by atoms with van der Waals surface area (Å²) in [7, 11) is 1.71. The molecule has 2 rings (SSSR count). The molecule has 0 atom stereocenters. The highest BCUT2D eigenvalue weighted by Crippen LogP contribution is 2.14. The summed E-state index contributed by atoms with van der Waals surface area (Å²) in [5, 5.41) is 3.07. The van der Waals surface area contributed by atoms with Gasteiger partial charge in [-0.3, -0.25) is 4.79 Å². The molecule has 0 radical (unpaired) electrons. The van der Waals surface area contributed by atoms with Crippen LogP contribution in [0.4, 0.5) is 10.1 Å². The maximum absolute atomic E-state index is 12.6. The second kappa shape index (κ2) is 4.55. The van der Waals surface area contributed by atoms with Crippen molar-refractivity contribution in [1.29, 1.82) is 0 Å². The van der Waals surface area contributed by atoms with Gasteiger partial charge in [-0.15, -0.1) is 0 Å². The number of hydrogen-bond donors (Lipinski definition) is 1. The summed E-state index contributed by atoms with van der Waals surface area (Å²) in [6, 6.07) is 4.16. The van der Waals surface area contributed by atoms with Crippen LogP contribution < -0.4 is 5.32 Å². The van der Waals surface area contributed by atoms with Crippen molar-refractivity contribution >= 4 is 23.2 Å². The van der Waals surface area contributed by atoms with Gasteiger partial charge in [0.15, 0.2) is 0 Å². The normalized spacial score (nSPS) is 10.3. The fourth-order valence-corrected chi connectivity index (χ4v) is 1.64. The Labute approximate surface area is 102 Å². The summed E-state index contributed by atoms with van der Waals surface area (Å²) in [5.74, 6) is -0.919. The highest BCUT2D eigenvalue weighted by Gasteiger charge is 2.11. The van der Waals surface area contributed by atoms with Crippen LogP contribution in [0.3, 0.4) is 0 Å². The smallest absolute Gasteiger partial charge is 0.272 e. The summed E-state index contributed by atoms with van der Waals surface area (Å²) in [4.78, 5) is 15.3. The predicted octanol–water partition coefficient (Wildman–Crippen LogP) is 2.46. The third-order valence-electron chi connectivity index (χ3n) is 2.19. The summed E-state index contributed by atoms with van der Waals surface area (Å²) in [6.45, 7) is 0. The average molecular weight is 254 g/mol. The van der Waals surface area contributed by atoms with E-state index in [4.69, 9.17) is 11.6 Å². The molecule has 88 valence electrons. The first-order valence-electron chi connectivity index (χ1n) is 4.81. The molecule has 0 fully saturated rings. The van der Waals surface area contributed by atoms with E-state index in [2.05, 4.69) is 10.3 Å². The number of pyridine rings is 1. The first kappa shape index (κ1) is 11.6. The van der Waals surface area contributed by atoms with Crippen LogP contribution in [0.25, 0.3) is 0 Å². The Balaban J connectivity index is 2.17. The molecule has 6 heteroatoms. The van der Waals surface area contributed by atoms with Gasteiger partial charge in [-0.25, -0.2) is 4.98 Å². The van der Waals surface area contributed by atoms with E-state index in [1.807, 2.05) is 0 Å². The molecule has 17 heavy (non-hydrogen) atoms. The van der Waals surface area contributed by atoms with Gasteiger partial charge in [-0.1, -0.05) is 11.6 Å². The molecule has 2 aromatic rings. The molecule has 1 N–H and O–H groups in total. The summed E-state index contributed by atoms with van der Waals surface area (Å²) >= 11 is 5.77. The number of aromatic nitrogens is 2. The molecule has 0 saturated carbocycles. The fraction of sp³-hybridized carbons (Fsp3) is 0.0909. The highest BCUT2D eigenvalue weighted by atomic mass is 35.5. The van der Waals surface area contributed by atoms with E-state index >= 15 is 0 Å². The minimum atomic E-state index is -0.593. The first-order chi connectivity index (χ1) is 8.06. The number of carbonyl (C=O) groups excluding carboxylic acids is 1. The van der Waals surface area contributed by atoms with Crippen LogP contribution in [0, 0.1) is 5.95 Å². The van der Waals surface area contributed by atoms with E-state index in [0.717, 1.165) is 0 Å². The molecule has 0 spiro atoms. The van der Waals surface area contributed by atoms with Gasteiger partial charge in [-0.05, 0) is 18.2 Å². The second-order valence-electron chi connectivity index (χ2n) is 3.48. The number of halogens is 2. The molecule has 2 aromatic heterocycles. The number of nitrogens with zero attached hydrogens (tertiary/aromatic N) is 2. The second-order valence-corrected chi connectivity index (χ2v) is 3.91. The SMILES string of the molecule is Cn1cc(Cl)cc1C(=O)Nc1ccc(F)nc1. The number of amides is 1. The van der Waals surface area contributed by atoms with Gasteiger partial charge in [0.2, 0.25) is 5.95 Å². The monoisotopic (exact) mass is 253 g/mol. The number of nitrogens with one attached hydrogen (secondary N) is 1. The van der Waals surface area contributed by atoms with Crippen molar-refractivity contribution in [3.63, 3.8) is 0 Å². The Morgan fingerprint density at radius 2 is 2.29 bits per heavy atom. The van der Waals surface area contributed by atoms with Crippen LogP contribution in [0.2, 0.25) is 5.02 Å². The van der Waals surface area contributed by atoms with Crippen LogP contribution in [0.15, 0.2) is 30.6 Å². The molecule has 0 aliphatic heterocycles. The number of aryl methyl sites for hydroxylation is 1. The van der Waals surface area contributed by atoms with Crippen molar-refractivity contribution < 1.29 is 9.18 Å². The van der Waals surface area contributed by atoms with Crippen molar-refractivity contribution in [3.8, 4) is 0 Å². The van der Waals surface area contributed by atoms with Crippen LogP contribution >= 0.6 is 11.6 Å². The summed E-state index contributed by atoms with van der Waals surface area (Å²) < 4.78 is 14.2. The Morgan fingerprint density at radius 1 is 1.53 bits per heavy atom. The van der Waals surface area contributed by atoms with E-state index in [-0.39, 0.29) is 5.91 Å². The molecule has 0 aliphatic carbocycles. The molecule has 4 nitrogen and oxygen atoms in total. The molecule has 2 heterocycles. The highest BCUT2D eigenvalue weighted by molar-refractivity contribution is 6.31. The molecule has 1 amide bonds. The van der Waals surface area contributed by atoms with Gasteiger partial charge in [0.25, 0.3) is 5.91 Å². The molecule has 0 aliphatic rings. The standard InChI is InChI=1S/C11H9ClFN3O/c1-16-6-7(12)4-9(16)11(17)15-8-2-3-10(13)14-5-8/h2-6H,1H3,(H,15,17). The van der Waals surface area contributed by atoms with Crippen LogP contribution in [0.5, 0.6) is 0 Å². The van der Waals surface area contributed by atoms with Crippen LogP contribution in [-0.4, -0.2) is 15.5 Å². The third-order valence-corrected chi connectivity index (χ3v) is 2.40. The lowest BCUT2D eigenvalue weighted by atomic mass is 10.3. The van der Waals surface area contributed by atoms with E-state index in [9.17, 15) is 9.18 Å². The molecular weight excluding hydrogens is 245 g/mol. The van der Waals surface area contributed by atoms with Gasteiger partial charge in [0.05, 0.1) is 16.9 Å². The molecule has 0 saturated heterocycles. The van der Waals surface area contributed by atoms with Crippen molar-refractivity contribution in [1.82, 2.24) is 9.55 Å². The zero-order valence-corrected chi connectivity index (χ0v) is 9.70. The summed E-state index contributed by atoms with van der Waals surface area (Å²) in [5.41, 5.74) is 0.841. The zero-order chi connectivity index (χ0) is 12.4. The predicted molar refractivity (Wildman–Crippen MR) is 62.6 cm³/mol. The Bertz CT molecular complexity index is 550. The minimum Gasteiger partial charge on any atom is -0.345 e. The van der Waals surface area contributed by atoms with E-state index in [1.54, 1.807) is 23.9 Å². The van der Waals surface area contributed by atoms with E-state index in [0.29, 0.717) is 16.4 Å². The zero-order valence-electron chi connectivity index (χ0n) is 8.95. The Hall–Kier alpha value is -1.88. The van der Waals surface area contributed by atoms with Gasteiger partial charge in [0, 0.05) is 13.2 Å². The first-order valence-corrected chi connectivity index (χ1v) is 5.19. The molecular formula is C11H9ClFN3O. The van der Waals surface area contributed by atoms with Gasteiger partial charge >= 0.3 is 0 Å². The van der Waals surface area contributed by atoms with Crippen LogP contribution in [0.1, 0.15) is 10.5 Å². The lowest BCUT2D eigenvalue weighted by molar-refractivity contribution is 0.101. The van der Waals surface area contributed by atoms with Gasteiger partial charge in [0.1, 0.15) is 5.69 Å². The molecule has 0 aromatic carbocycles. The Kier molecular flexibility index (Phi) is 3.10.